The number of oxazole rings is 1. The van der Waals surface area contributed by atoms with E-state index in [2.05, 4.69) is 38.1 Å². The molecule has 0 N–H and O–H groups in total. The van der Waals surface area contributed by atoms with Crippen molar-refractivity contribution in [1.82, 2.24) is 19.8 Å². The normalized spacial score (nSPS) is 20.8. The maximum absolute atomic E-state index is 14.0. The van der Waals surface area contributed by atoms with Gasteiger partial charge in [-0.05, 0) is 85.8 Å². The number of anilines is 1. The maximum atomic E-state index is 14.0. The lowest BCUT2D eigenvalue weighted by Gasteiger charge is -2.29. The number of benzene rings is 2. The topological polar surface area (TPSA) is 95.1 Å². The fraction of sp³-hybridized carbons (Fsp3) is 0.342. The Labute approximate surface area is 287 Å². The second-order valence-electron chi connectivity index (χ2n) is 13.6. The Hall–Kier alpha value is -5.10. The molecule has 2 fully saturated rings. The predicted molar refractivity (Wildman–Crippen MR) is 181 cm³/mol. The van der Waals surface area contributed by atoms with Gasteiger partial charge in [0.15, 0.2) is 0 Å². The molecule has 4 aromatic rings. The quantitative estimate of drug-likeness (QED) is 0.242. The van der Waals surface area contributed by atoms with Gasteiger partial charge in [-0.15, -0.1) is 0 Å². The molecule has 0 radical (unpaired) electrons. The fourth-order valence-corrected chi connectivity index (χ4v) is 7.62. The minimum Gasteiger partial charge on any atom is -0.441 e. The number of hydrogen-bond donors (Lipinski definition) is 0. The second-order valence-corrected chi connectivity index (χ2v) is 13.6. The molecule has 0 unspecified atom stereocenters. The number of aryl methyl sites for hydroxylation is 1. The van der Waals surface area contributed by atoms with Crippen molar-refractivity contribution in [2.24, 2.45) is 10.4 Å². The summed E-state index contributed by atoms with van der Waals surface area (Å²) in [7, 11) is 0. The molecule has 4 aliphatic rings. The maximum Gasteiger partial charge on any atom is 0.433 e. The molecule has 12 heteroatoms. The number of halogens is 3. The Morgan fingerprint density at radius 1 is 0.960 bits per heavy atom. The van der Waals surface area contributed by atoms with E-state index in [9.17, 15) is 22.8 Å². The van der Waals surface area contributed by atoms with Crippen LogP contribution in [0.15, 0.2) is 82.5 Å². The number of rotatable bonds is 6. The van der Waals surface area contributed by atoms with Gasteiger partial charge in [-0.2, -0.15) is 13.2 Å². The van der Waals surface area contributed by atoms with E-state index in [1.165, 1.54) is 11.6 Å². The Balaban J connectivity index is 0.890. The van der Waals surface area contributed by atoms with Crippen LogP contribution in [0, 0.1) is 12.3 Å². The first kappa shape index (κ1) is 32.1. The van der Waals surface area contributed by atoms with E-state index in [0.29, 0.717) is 75.0 Å². The van der Waals surface area contributed by atoms with Crippen molar-refractivity contribution >= 4 is 28.8 Å². The number of likely N-dealkylation sites (tertiary alicyclic amines) is 1. The summed E-state index contributed by atoms with van der Waals surface area (Å²) < 4.78 is 45.7. The molecule has 256 valence electrons. The number of amides is 2. The van der Waals surface area contributed by atoms with Crippen LogP contribution in [-0.2, 0) is 22.3 Å². The second kappa shape index (κ2) is 12.3. The lowest BCUT2D eigenvalue weighted by Crippen LogP contribution is -2.43. The summed E-state index contributed by atoms with van der Waals surface area (Å²) in [5.74, 6) is 1.46. The summed E-state index contributed by atoms with van der Waals surface area (Å²) in [6.07, 6.45) is 2.53. The lowest BCUT2D eigenvalue weighted by atomic mass is 9.85. The lowest BCUT2D eigenvalue weighted by molar-refractivity contribution is -0.141. The molecule has 9 nitrogen and oxygen atoms in total. The largest absolute Gasteiger partial charge is 0.441 e. The minimum atomic E-state index is -4.56. The van der Waals surface area contributed by atoms with Crippen LogP contribution in [-0.4, -0.2) is 76.6 Å². The number of carbonyl (C=O) groups is 2. The number of carbonyl (C=O) groups excluding carboxylic acids is 2. The molecule has 8 rings (SSSR count). The predicted octanol–water partition coefficient (Wildman–Crippen LogP) is 6.16. The molecule has 2 saturated heterocycles. The van der Waals surface area contributed by atoms with Gasteiger partial charge in [0, 0.05) is 54.8 Å². The molecule has 0 saturated carbocycles. The Kier molecular flexibility index (Phi) is 7.93. The molecule has 4 aliphatic heterocycles. The van der Waals surface area contributed by atoms with E-state index in [1.54, 1.807) is 11.1 Å². The van der Waals surface area contributed by atoms with Crippen LogP contribution in [0.5, 0.6) is 0 Å². The number of aromatic nitrogens is 2. The van der Waals surface area contributed by atoms with Crippen LogP contribution in [0.25, 0.3) is 17.0 Å². The number of nitrogens with zero attached hydrogens (tertiary/aromatic N) is 6. The summed E-state index contributed by atoms with van der Waals surface area (Å²) in [6.45, 7) is 5.41. The third kappa shape index (κ3) is 5.91. The van der Waals surface area contributed by atoms with Crippen LogP contribution in [0.1, 0.15) is 53.0 Å². The van der Waals surface area contributed by atoms with Gasteiger partial charge in [-0.3, -0.25) is 24.5 Å². The van der Waals surface area contributed by atoms with E-state index < -0.39 is 17.3 Å². The zero-order valence-corrected chi connectivity index (χ0v) is 27.5. The average molecular weight is 681 g/mol. The smallest absolute Gasteiger partial charge is 0.433 e. The van der Waals surface area contributed by atoms with Crippen molar-refractivity contribution in [3.05, 3.63) is 107 Å². The van der Waals surface area contributed by atoms with Crippen molar-refractivity contribution < 1.29 is 27.2 Å². The summed E-state index contributed by atoms with van der Waals surface area (Å²) in [6, 6.07) is 16.3. The molecule has 0 bridgehead atoms. The molecule has 50 heavy (non-hydrogen) atoms. The highest BCUT2D eigenvalue weighted by Crippen LogP contribution is 2.43. The van der Waals surface area contributed by atoms with Crippen LogP contribution in [0.3, 0.4) is 0 Å². The van der Waals surface area contributed by atoms with Gasteiger partial charge < -0.3 is 14.2 Å². The van der Waals surface area contributed by atoms with Gasteiger partial charge in [-0.25, -0.2) is 4.98 Å². The van der Waals surface area contributed by atoms with Gasteiger partial charge in [0.2, 0.25) is 17.7 Å². The zero-order chi connectivity index (χ0) is 34.6. The molecule has 2 aromatic heterocycles. The Morgan fingerprint density at radius 2 is 1.76 bits per heavy atom. The van der Waals surface area contributed by atoms with E-state index in [-0.39, 0.29) is 18.4 Å². The van der Waals surface area contributed by atoms with E-state index >= 15 is 0 Å². The van der Waals surface area contributed by atoms with Crippen LogP contribution < -0.4 is 4.90 Å². The summed E-state index contributed by atoms with van der Waals surface area (Å²) >= 11 is 0. The number of hydrogen-bond acceptors (Lipinski definition) is 7. The first-order chi connectivity index (χ1) is 24.1. The van der Waals surface area contributed by atoms with Crippen molar-refractivity contribution in [2.75, 3.05) is 44.2 Å². The van der Waals surface area contributed by atoms with E-state index in [4.69, 9.17) is 4.42 Å². The van der Waals surface area contributed by atoms with Crippen LogP contribution in [0.2, 0.25) is 0 Å². The third-order valence-corrected chi connectivity index (χ3v) is 10.4. The number of alkyl halides is 3. The van der Waals surface area contributed by atoms with Crippen molar-refractivity contribution in [2.45, 2.75) is 38.9 Å². The van der Waals surface area contributed by atoms with Gasteiger partial charge in [0.25, 0.3) is 0 Å². The minimum absolute atomic E-state index is 0.0293. The first-order valence-corrected chi connectivity index (χ1v) is 16.8. The zero-order valence-electron chi connectivity index (χ0n) is 27.5. The Morgan fingerprint density at radius 3 is 2.50 bits per heavy atom. The highest BCUT2D eigenvalue weighted by Gasteiger charge is 2.51. The average Bonchev–Trinajstić information content (AvgIpc) is 3.92. The molecule has 1 atom stereocenters. The highest BCUT2D eigenvalue weighted by atomic mass is 19.4. The van der Waals surface area contributed by atoms with Crippen LogP contribution in [0.4, 0.5) is 18.9 Å². The van der Waals surface area contributed by atoms with Gasteiger partial charge in [0.1, 0.15) is 11.5 Å². The molecule has 2 aromatic carbocycles. The number of pyridine rings is 1. The number of fused-ring (bicyclic) bond motifs is 1. The standard InChI is InChI=1S/C38H35F3N6O3/c1-24-20-44-35(50-24)27-4-2-25(3-5-27)26-9-14-46(15-10-26)33(48)22-45-16-11-37(23-45)12-17-47(36(37)49)30-7-6-29-21-43-34(31(29)19-30)28-8-13-42-32(18-28)38(39,40)41/h2-9,13,18-20H,10-12,14-17,21-23H2,1H3/t37-/m0/s1. The third-order valence-electron chi connectivity index (χ3n) is 10.4. The van der Waals surface area contributed by atoms with Crippen LogP contribution >= 0.6 is 0 Å². The van der Waals surface area contributed by atoms with Crippen molar-refractivity contribution in [1.29, 1.82) is 0 Å². The Bertz CT molecular complexity index is 2050. The molecular formula is C38H35F3N6O3. The summed E-state index contributed by atoms with van der Waals surface area (Å²) in [5, 5.41) is 0. The highest BCUT2D eigenvalue weighted by molar-refractivity contribution is 6.16. The monoisotopic (exact) mass is 680 g/mol. The molecule has 1 spiro atoms. The van der Waals surface area contributed by atoms with Crippen molar-refractivity contribution in [3.8, 4) is 11.5 Å². The van der Waals surface area contributed by atoms with Gasteiger partial charge in [0.05, 0.1) is 30.4 Å². The summed E-state index contributed by atoms with van der Waals surface area (Å²) in [5.41, 5.74) is 4.87. The molecule has 2 amide bonds. The fourth-order valence-electron chi connectivity index (χ4n) is 7.62. The summed E-state index contributed by atoms with van der Waals surface area (Å²) in [4.78, 5) is 45.4. The molecule has 6 heterocycles. The van der Waals surface area contributed by atoms with Gasteiger partial charge >= 0.3 is 6.18 Å². The van der Waals surface area contributed by atoms with E-state index in [0.717, 1.165) is 46.7 Å². The van der Waals surface area contributed by atoms with Crippen molar-refractivity contribution in [3.63, 3.8) is 0 Å². The van der Waals surface area contributed by atoms with Gasteiger partial charge in [-0.1, -0.05) is 24.3 Å². The number of aliphatic imine (C=N–C) groups is 1. The van der Waals surface area contributed by atoms with E-state index in [1.807, 2.05) is 42.2 Å². The first-order valence-electron chi connectivity index (χ1n) is 16.8. The molecular weight excluding hydrogens is 645 g/mol. The molecule has 0 aliphatic carbocycles. The SMILES string of the molecule is Cc1cnc(-c2ccc(C3=CCN(C(=O)CN4CC[C@]5(CCN(c6ccc7c(c6)C(c6ccnc(C(F)(F)F)c6)=NC7)C5=O)C4)CC3)cc2)o1.